The van der Waals surface area contributed by atoms with Crippen molar-refractivity contribution in [3.05, 3.63) is 64.7 Å². The van der Waals surface area contributed by atoms with Crippen molar-refractivity contribution < 1.29 is 14.4 Å². The maximum absolute atomic E-state index is 13.6. The molecule has 2 saturated carbocycles. The smallest absolute Gasteiger partial charge is 0.248 e. The van der Waals surface area contributed by atoms with Crippen LogP contribution in [0.4, 0.5) is 5.69 Å². The molecule has 5 nitrogen and oxygen atoms in total. The molecule has 2 aromatic rings. The van der Waals surface area contributed by atoms with Gasteiger partial charge in [0.2, 0.25) is 17.7 Å². The van der Waals surface area contributed by atoms with Crippen molar-refractivity contribution in [1.29, 1.82) is 0 Å². The van der Waals surface area contributed by atoms with Gasteiger partial charge >= 0.3 is 0 Å². The Balaban J connectivity index is 1.47. The number of hydrogen-bond donors (Lipinski definition) is 1. The Hall–Kier alpha value is -1.70. The Morgan fingerprint density at radius 3 is 2.24 bits per heavy atom. The third kappa shape index (κ3) is 3.86. The van der Waals surface area contributed by atoms with Crippen LogP contribution in [0.5, 0.6) is 0 Å². The molecule has 7 atom stereocenters. The summed E-state index contributed by atoms with van der Waals surface area (Å²) in [5.74, 6) is -1.36. The highest BCUT2D eigenvalue weighted by atomic mass is 79.9. The standard InChI is InChI=1S/C25H23Br2ClN2O3/c1-12-7-8-14(10-17(12)28)29-23(31)18(9-13-5-3-2-4-6-13)30-24(32)19-15-11-16(20(19)25(30)33)22(27)21(15)26/h2-8,10,15-16,18-22H,9,11H2,1H3,(H,29,31)/t15-,16-,18+,19-,20-,21+,22+/m1/s1. The van der Waals surface area contributed by atoms with Crippen molar-refractivity contribution in [2.24, 2.45) is 23.7 Å². The number of hydrogen-bond acceptors (Lipinski definition) is 3. The molecule has 2 aromatic carbocycles. The van der Waals surface area contributed by atoms with Crippen molar-refractivity contribution in [2.75, 3.05) is 5.32 Å². The van der Waals surface area contributed by atoms with Crippen LogP contribution in [0.2, 0.25) is 5.02 Å². The van der Waals surface area contributed by atoms with Crippen LogP contribution in [0.3, 0.4) is 0 Å². The van der Waals surface area contributed by atoms with Crippen molar-refractivity contribution in [3.63, 3.8) is 0 Å². The highest BCUT2D eigenvalue weighted by Gasteiger charge is 2.67. The zero-order chi connectivity index (χ0) is 23.4. The third-order valence-corrected chi connectivity index (χ3v) is 11.0. The summed E-state index contributed by atoms with van der Waals surface area (Å²) in [4.78, 5) is 42.2. The topological polar surface area (TPSA) is 66.5 Å². The highest BCUT2D eigenvalue weighted by molar-refractivity contribution is 9.12. The number of imide groups is 1. The molecular weight excluding hydrogens is 572 g/mol. The molecule has 1 heterocycles. The number of rotatable bonds is 5. The maximum atomic E-state index is 13.6. The van der Waals surface area contributed by atoms with Crippen molar-refractivity contribution in [1.82, 2.24) is 4.90 Å². The average Bonchev–Trinajstić information content (AvgIpc) is 3.40. The first-order chi connectivity index (χ1) is 15.8. The molecule has 3 fully saturated rings. The predicted octanol–water partition coefficient (Wildman–Crippen LogP) is 4.98. The number of carbonyl (C=O) groups is 3. The number of nitrogens with one attached hydrogen (secondary N) is 1. The quantitative estimate of drug-likeness (QED) is 0.393. The highest BCUT2D eigenvalue weighted by Crippen LogP contribution is 2.60. The zero-order valence-electron chi connectivity index (χ0n) is 17.9. The Morgan fingerprint density at radius 2 is 1.67 bits per heavy atom. The van der Waals surface area contributed by atoms with Crippen LogP contribution < -0.4 is 5.32 Å². The fourth-order valence-electron chi connectivity index (χ4n) is 5.71. The van der Waals surface area contributed by atoms with E-state index in [9.17, 15) is 14.4 Å². The molecule has 3 amide bonds. The lowest BCUT2D eigenvalue weighted by atomic mass is 9.81. The second kappa shape index (κ2) is 8.82. The lowest BCUT2D eigenvalue weighted by Crippen LogP contribution is -2.49. The first kappa shape index (κ1) is 23.1. The van der Waals surface area contributed by atoms with Gasteiger partial charge in [0.15, 0.2) is 0 Å². The molecule has 5 rings (SSSR count). The van der Waals surface area contributed by atoms with E-state index in [4.69, 9.17) is 11.6 Å². The monoisotopic (exact) mass is 592 g/mol. The molecule has 33 heavy (non-hydrogen) atoms. The summed E-state index contributed by atoms with van der Waals surface area (Å²) in [5, 5.41) is 3.42. The molecule has 2 bridgehead atoms. The van der Waals surface area contributed by atoms with Gasteiger partial charge in [-0.2, -0.15) is 0 Å². The molecule has 0 radical (unpaired) electrons. The van der Waals surface area contributed by atoms with E-state index in [0.717, 1.165) is 17.5 Å². The number of anilines is 1. The van der Waals surface area contributed by atoms with Crippen LogP contribution in [0.25, 0.3) is 0 Å². The molecule has 0 unspecified atom stereocenters. The van der Waals surface area contributed by atoms with Crippen LogP contribution in [0, 0.1) is 30.6 Å². The van der Waals surface area contributed by atoms with E-state index >= 15 is 0 Å². The van der Waals surface area contributed by atoms with Crippen LogP contribution in [-0.4, -0.2) is 38.3 Å². The predicted molar refractivity (Wildman–Crippen MR) is 135 cm³/mol. The number of benzene rings is 2. The van der Waals surface area contributed by atoms with Gasteiger partial charge in [0.1, 0.15) is 6.04 Å². The van der Waals surface area contributed by atoms with Gasteiger partial charge in [0, 0.05) is 26.8 Å². The number of amides is 3. The Kier molecular flexibility index (Phi) is 6.17. The number of halogens is 3. The van der Waals surface area contributed by atoms with Crippen molar-refractivity contribution >= 4 is 66.9 Å². The van der Waals surface area contributed by atoms with E-state index in [1.165, 1.54) is 4.90 Å². The molecule has 1 aliphatic heterocycles. The minimum Gasteiger partial charge on any atom is -0.324 e. The lowest BCUT2D eigenvalue weighted by Gasteiger charge is -2.28. The SMILES string of the molecule is Cc1ccc(NC(=O)[C@H](Cc2ccccc2)N2C(=O)[C@@H]3[C@H]4C[C@@H]([C@H](Br)[C@H]4Br)[C@H]3C2=O)cc1Cl. The van der Waals surface area contributed by atoms with Gasteiger partial charge < -0.3 is 5.32 Å². The molecule has 172 valence electrons. The first-order valence-corrected chi connectivity index (χ1v) is 13.2. The molecular formula is C25H23Br2ClN2O3. The third-order valence-electron chi connectivity index (χ3n) is 7.35. The van der Waals surface area contributed by atoms with Crippen molar-refractivity contribution in [3.8, 4) is 0 Å². The average molecular weight is 595 g/mol. The molecule has 3 aliphatic rings. The number of likely N-dealkylation sites (tertiary alicyclic amines) is 1. The summed E-state index contributed by atoms with van der Waals surface area (Å²) in [6.45, 7) is 1.88. The van der Waals surface area contributed by atoms with Gasteiger partial charge in [0.25, 0.3) is 0 Å². The Morgan fingerprint density at radius 1 is 1.06 bits per heavy atom. The minimum absolute atomic E-state index is 0.0992. The van der Waals surface area contributed by atoms with E-state index < -0.39 is 11.9 Å². The van der Waals surface area contributed by atoms with Gasteiger partial charge in [-0.05, 0) is 48.4 Å². The number of carbonyl (C=O) groups excluding carboxylic acids is 3. The van der Waals surface area contributed by atoms with Crippen molar-refractivity contribution in [2.45, 2.75) is 35.5 Å². The fraction of sp³-hybridized carbons (Fsp3) is 0.400. The van der Waals surface area contributed by atoms with Crippen LogP contribution in [0.15, 0.2) is 48.5 Å². The van der Waals surface area contributed by atoms with Crippen LogP contribution in [0.1, 0.15) is 17.5 Å². The van der Waals surface area contributed by atoms with E-state index in [2.05, 4.69) is 37.2 Å². The van der Waals surface area contributed by atoms with Crippen LogP contribution >= 0.6 is 43.5 Å². The molecule has 0 spiro atoms. The fourth-order valence-corrected chi connectivity index (χ4v) is 7.77. The van der Waals surface area contributed by atoms with E-state index in [1.54, 1.807) is 12.1 Å². The van der Waals surface area contributed by atoms with Crippen LogP contribution in [-0.2, 0) is 20.8 Å². The summed E-state index contributed by atoms with van der Waals surface area (Å²) in [6, 6.07) is 13.8. The van der Waals surface area contributed by atoms with Gasteiger partial charge in [-0.25, -0.2) is 0 Å². The Bertz CT molecular complexity index is 1100. The summed E-state index contributed by atoms with van der Waals surface area (Å²) >= 11 is 13.7. The normalized spacial score (nSPS) is 31.1. The van der Waals surface area contributed by atoms with Gasteiger partial charge in [-0.15, -0.1) is 0 Å². The molecule has 1 N–H and O–H groups in total. The summed E-state index contributed by atoms with van der Waals surface area (Å²) in [5.41, 5.74) is 2.32. The molecule has 1 saturated heterocycles. The number of fused-ring (bicyclic) bond motifs is 5. The zero-order valence-corrected chi connectivity index (χ0v) is 21.8. The second-order valence-electron chi connectivity index (χ2n) is 9.21. The maximum Gasteiger partial charge on any atom is 0.248 e. The van der Waals surface area contributed by atoms with Gasteiger partial charge in [-0.1, -0.05) is 79.9 Å². The summed E-state index contributed by atoms with van der Waals surface area (Å²) < 4.78 is 0. The van der Waals surface area contributed by atoms with E-state index in [0.29, 0.717) is 10.7 Å². The molecule has 8 heteroatoms. The number of aryl methyl sites for hydroxylation is 1. The van der Waals surface area contributed by atoms with E-state index in [-0.39, 0.29) is 51.6 Å². The second-order valence-corrected chi connectivity index (χ2v) is 11.7. The molecule has 0 aromatic heterocycles. The van der Waals surface area contributed by atoms with Gasteiger partial charge in [-0.3, -0.25) is 19.3 Å². The Labute approximate surface area is 214 Å². The van der Waals surface area contributed by atoms with E-state index in [1.807, 2.05) is 43.3 Å². The summed E-state index contributed by atoms with van der Waals surface area (Å²) in [6.07, 6.45) is 1.11. The lowest BCUT2D eigenvalue weighted by molar-refractivity contribution is -0.147. The largest absolute Gasteiger partial charge is 0.324 e. The first-order valence-electron chi connectivity index (χ1n) is 11.0. The minimum atomic E-state index is -0.931. The summed E-state index contributed by atoms with van der Waals surface area (Å²) in [7, 11) is 0. The molecule has 2 aliphatic carbocycles. The number of alkyl halides is 2. The van der Waals surface area contributed by atoms with Gasteiger partial charge in [0.05, 0.1) is 11.8 Å². The number of nitrogens with zero attached hydrogens (tertiary/aromatic N) is 1.